The Morgan fingerprint density at radius 2 is 2.04 bits per heavy atom. The number of aliphatic hydroxyl groups excluding tert-OH is 1. The van der Waals surface area contributed by atoms with Crippen molar-refractivity contribution in [2.75, 3.05) is 13.6 Å². The number of carbonyl (C=O) groups excluding carboxylic acids is 1. The number of pyridine rings is 1. The molecule has 2 unspecified atom stereocenters. The lowest BCUT2D eigenvalue weighted by Gasteiger charge is -2.24. The summed E-state index contributed by atoms with van der Waals surface area (Å²) in [5.74, 6) is 0.700. The van der Waals surface area contributed by atoms with E-state index in [2.05, 4.69) is 4.98 Å². The van der Waals surface area contributed by atoms with Gasteiger partial charge in [-0.1, -0.05) is 12.8 Å². The van der Waals surface area contributed by atoms with Gasteiger partial charge in [0.15, 0.2) is 0 Å². The smallest absolute Gasteiger partial charge is 0.253 e. The van der Waals surface area contributed by atoms with Crippen molar-refractivity contribution in [1.29, 1.82) is 0 Å². The number of hydrogen-bond donors (Lipinski definition) is 1. The predicted molar refractivity (Wildman–Crippen MR) is 92.0 cm³/mol. The van der Waals surface area contributed by atoms with Crippen molar-refractivity contribution in [3.05, 3.63) is 23.9 Å². The minimum Gasteiger partial charge on any atom is -0.474 e. The summed E-state index contributed by atoms with van der Waals surface area (Å²) in [6, 6.07) is 3.48. The SMILES string of the molecule is CN(CC1CCCC1O)C(=O)c1ccnc(OC2CCCCC2)c1. The minimum atomic E-state index is -0.275. The van der Waals surface area contributed by atoms with Gasteiger partial charge in [0.25, 0.3) is 5.91 Å². The molecule has 1 aromatic rings. The van der Waals surface area contributed by atoms with E-state index < -0.39 is 0 Å². The molecular formula is C19H28N2O3. The van der Waals surface area contributed by atoms with Crippen LogP contribution in [-0.2, 0) is 0 Å². The molecule has 0 aromatic carbocycles. The fraction of sp³-hybridized carbons (Fsp3) is 0.684. The summed E-state index contributed by atoms with van der Waals surface area (Å²) >= 11 is 0. The Morgan fingerprint density at radius 1 is 1.25 bits per heavy atom. The molecule has 24 heavy (non-hydrogen) atoms. The lowest BCUT2D eigenvalue weighted by molar-refractivity contribution is 0.0692. The minimum absolute atomic E-state index is 0.0370. The van der Waals surface area contributed by atoms with Gasteiger partial charge in [0.1, 0.15) is 6.10 Å². The Kier molecular flexibility index (Phi) is 5.72. The van der Waals surface area contributed by atoms with Crippen LogP contribution in [0.2, 0.25) is 0 Å². The van der Waals surface area contributed by atoms with E-state index in [1.54, 1.807) is 30.3 Å². The Bertz CT molecular complexity index is 557. The van der Waals surface area contributed by atoms with Crippen LogP contribution in [0.3, 0.4) is 0 Å². The van der Waals surface area contributed by atoms with Crippen molar-refractivity contribution in [2.45, 2.75) is 63.6 Å². The second kappa shape index (κ2) is 7.97. The van der Waals surface area contributed by atoms with Crippen LogP contribution >= 0.6 is 0 Å². The number of hydrogen-bond acceptors (Lipinski definition) is 4. The van der Waals surface area contributed by atoms with E-state index in [0.29, 0.717) is 18.0 Å². The Hall–Kier alpha value is -1.62. The van der Waals surface area contributed by atoms with Crippen LogP contribution in [-0.4, -0.2) is 46.7 Å². The Balaban J connectivity index is 1.60. The summed E-state index contributed by atoms with van der Waals surface area (Å²) in [7, 11) is 1.80. The molecule has 0 aliphatic heterocycles. The van der Waals surface area contributed by atoms with Crippen LogP contribution < -0.4 is 4.74 Å². The maximum atomic E-state index is 12.6. The highest BCUT2D eigenvalue weighted by Gasteiger charge is 2.28. The molecule has 1 amide bonds. The molecule has 3 rings (SSSR count). The lowest BCUT2D eigenvalue weighted by Crippen LogP contribution is -2.34. The van der Waals surface area contributed by atoms with E-state index in [-0.39, 0.29) is 24.0 Å². The normalized spacial score (nSPS) is 24.8. The molecule has 132 valence electrons. The number of carbonyl (C=O) groups is 1. The van der Waals surface area contributed by atoms with Crippen LogP contribution in [0.1, 0.15) is 61.7 Å². The summed E-state index contributed by atoms with van der Waals surface area (Å²) in [5, 5.41) is 9.95. The molecule has 5 nitrogen and oxygen atoms in total. The molecule has 2 fully saturated rings. The van der Waals surface area contributed by atoms with E-state index >= 15 is 0 Å². The molecule has 2 aliphatic carbocycles. The quantitative estimate of drug-likeness (QED) is 0.900. The van der Waals surface area contributed by atoms with Crippen molar-refractivity contribution < 1.29 is 14.6 Å². The third-order valence-electron chi connectivity index (χ3n) is 5.30. The van der Waals surface area contributed by atoms with E-state index in [4.69, 9.17) is 4.74 Å². The van der Waals surface area contributed by atoms with Crippen LogP contribution in [0.4, 0.5) is 0 Å². The average molecular weight is 332 g/mol. The number of ether oxygens (including phenoxy) is 1. The average Bonchev–Trinajstić information content (AvgIpc) is 3.00. The molecule has 0 saturated heterocycles. The molecule has 5 heteroatoms. The molecule has 1 N–H and O–H groups in total. The summed E-state index contributed by atoms with van der Waals surface area (Å²) in [4.78, 5) is 18.6. The molecule has 1 aromatic heterocycles. The van der Waals surface area contributed by atoms with Crippen molar-refractivity contribution in [3.8, 4) is 5.88 Å². The molecule has 2 saturated carbocycles. The first-order valence-electron chi connectivity index (χ1n) is 9.19. The zero-order chi connectivity index (χ0) is 16.9. The van der Waals surface area contributed by atoms with Crippen molar-refractivity contribution >= 4 is 5.91 Å². The molecule has 1 heterocycles. The first-order chi connectivity index (χ1) is 11.6. The fourth-order valence-corrected chi connectivity index (χ4v) is 3.85. The highest BCUT2D eigenvalue weighted by atomic mass is 16.5. The molecule has 2 atom stereocenters. The van der Waals surface area contributed by atoms with Gasteiger partial charge in [0.05, 0.1) is 6.10 Å². The maximum Gasteiger partial charge on any atom is 0.253 e. The highest BCUT2D eigenvalue weighted by molar-refractivity contribution is 5.94. The number of aromatic nitrogens is 1. The first kappa shape index (κ1) is 17.2. The summed E-state index contributed by atoms with van der Waals surface area (Å²) in [6.07, 6.45) is 10.3. The largest absolute Gasteiger partial charge is 0.474 e. The molecule has 0 bridgehead atoms. The Morgan fingerprint density at radius 3 is 2.75 bits per heavy atom. The van der Waals surface area contributed by atoms with Gasteiger partial charge >= 0.3 is 0 Å². The summed E-state index contributed by atoms with van der Waals surface area (Å²) in [5.41, 5.74) is 0.603. The fourth-order valence-electron chi connectivity index (χ4n) is 3.85. The topological polar surface area (TPSA) is 62.7 Å². The molecule has 0 radical (unpaired) electrons. The van der Waals surface area contributed by atoms with Gasteiger partial charge in [-0.15, -0.1) is 0 Å². The standard InChI is InChI=1S/C19H28N2O3/c1-21(13-15-6-5-9-17(15)22)19(23)14-10-11-20-18(12-14)24-16-7-3-2-4-8-16/h10-12,15-17,22H,2-9,13H2,1H3. The number of amides is 1. The van der Waals surface area contributed by atoms with Gasteiger partial charge in [-0.25, -0.2) is 4.98 Å². The predicted octanol–water partition coefficient (Wildman–Crippen LogP) is 3.03. The Labute approximate surface area is 144 Å². The third kappa shape index (κ3) is 4.26. The van der Waals surface area contributed by atoms with E-state index in [9.17, 15) is 9.90 Å². The second-order valence-corrected chi connectivity index (χ2v) is 7.20. The van der Waals surface area contributed by atoms with Gasteiger partial charge in [-0.3, -0.25) is 4.79 Å². The second-order valence-electron chi connectivity index (χ2n) is 7.20. The maximum absolute atomic E-state index is 12.6. The van der Waals surface area contributed by atoms with Crippen molar-refractivity contribution in [2.24, 2.45) is 5.92 Å². The lowest BCUT2D eigenvalue weighted by atomic mass is 9.98. The van der Waals surface area contributed by atoms with Gasteiger partial charge in [0, 0.05) is 37.3 Å². The van der Waals surface area contributed by atoms with Gasteiger partial charge < -0.3 is 14.7 Å². The third-order valence-corrected chi connectivity index (χ3v) is 5.30. The van der Waals surface area contributed by atoms with Crippen LogP contribution in [0.5, 0.6) is 5.88 Å². The van der Waals surface area contributed by atoms with Crippen LogP contribution in [0.25, 0.3) is 0 Å². The van der Waals surface area contributed by atoms with Crippen LogP contribution in [0, 0.1) is 5.92 Å². The van der Waals surface area contributed by atoms with Gasteiger partial charge in [0.2, 0.25) is 5.88 Å². The number of rotatable bonds is 5. The van der Waals surface area contributed by atoms with Gasteiger partial charge in [-0.2, -0.15) is 0 Å². The summed E-state index contributed by atoms with van der Waals surface area (Å²) in [6.45, 7) is 0.598. The molecule has 2 aliphatic rings. The zero-order valence-corrected chi connectivity index (χ0v) is 14.5. The van der Waals surface area contributed by atoms with Crippen molar-refractivity contribution in [3.63, 3.8) is 0 Å². The van der Waals surface area contributed by atoms with E-state index in [0.717, 1.165) is 32.1 Å². The zero-order valence-electron chi connectivity index (χ0n) is 14.5. The van der Waals surface area contributed by atoms with E-state index in [1.807, 2.05) is 0 Å². The number of nitrogens with zero attached hydrogens (tertiary/aromatic N) is 2. The molecular weight excluding hydrogens is 304 g/mol. The van der Waals surface area contributed by atoms with Gasteiger partial charge in [-0.05, 0) is 44.6 Å². The monoisotopic (exact) mass is 332 g/mol. The molecule has 0 spiro atoms. The number of aliphatic hydroxyl groups is 1. The van der Waals surface area contributed by atoms with Crippen LogP contribution in [0.15, 0.2) is 18.3 Å². The first-order valence-corrected chi connectivity index (χ1v) is 9.19. The highest BCUT2D eigenvalue weighted by Crippen LogP contribution is 2.27. The van der Waals surface area contributed by atoms with E-state index in [1.165, 1.54) is 19.3 Å². The van der Waals surface area contributed by atoms with Crippen molar-refractivity contribution in [1.82, 2.24) is 9.88 Å². The summed E-state index contributed by atoms with van der Waals surface area (Å²) < 4.78 is 5.95.